The minimum absolute atomic E-state index is 0.136. The van der Waals surface area contributed by atoms with Crippen molar-refractivity contribution in [3.05, 3.63) is 54.1 Å². The summed E-state index contributed by atoms with van der Waals surface area (Å²) in [6.07, 6.45) is 2.94. The van der Waals surface area contributed by atoms with Crippen LogP contribution in [0.25, 0.3) is 0 Å². The molecule has 1 aliphatic rings. The number of carbonyl (C=O) groups excluding carboxylic acids is 1. The van der Waals surface area contributed by atoms with Gasteiger partial charge in [-0.15, -0.1) is 0 Å². The summed E-state index contributed by atoms with van der Waals surface area (Å²) in [6.45, 7) is 6.11. The topological polar surface area (TPSA) is 73.0 Å². The van der Waals surface area contributed by atoms with Crippen LogP contribution in [0.1, 0.15) is 36.5 Å². The van der Waals surface area contributed by atoms with Gasteiger partial charge < -0.3 is 15.1 Å². The van der Waals surface area contributed by atoms with Crippen molar-refractivity contribution in [2.45, 2.75) is 31.1 Å². The first-order valence-electron chi connectivity index (χ1n) is 11.2. The van der Waals surface area contributed by atoms with E-state index in [2.05, 4.69) is 34.2 Å². The van der Waals surface area contributed by atoms with Gasteiger partial charge in [0.2, 0.25) is 10.0 Å². The molecule has 0 saturated carbocycles. The molecule has 1 amide bonds. The Morgan fingerprint density at radius 1 is 1.06 bits per heavy atom. The summed E-state index contributed by atoms with van der Waals surface area (Å²) < 4.78 is 26.4. The number of para-hydroxylation sites is 1. The van der Waals surface area contributed by atoms with Gasteiger partial charge in [0.1, 0.15) is 0 Å². The quantitative estimate of drug-likeness (QED) is 0.554. The predicted molar refractivity (Wildman–Crippen MR) is 130 cm³/mol. The number of hydrogen-bond donors (Lipinski definition) is 1. The van der Waals surface area contributed by atoms with Gasteiger partial charge in [0.15, 0.2) is 0 Å². The first kappa shape index (κ1) is 24.1. The summed E-state index contributed by atoms with van der Waals surface area (Å²) >= 11 is 0. The molecule has 0 aliphatic carbocycles. The zero-order valence-electron chi connectivity index (χ0n) is 19.3. The fraction of sp³-hybridized carbons (Fsp3) is 0.458. The molecule has 3 rings (SSSR count). The fourth-order valence-corrected chi connectivity index (χ4v) is 4.91. The second-order valence-corrected chi connectivity index (χ2v) is 10.3. The fourth-order valence-electron chi connectivity index (χ4n) is 3.98. The van der Waals surface area contributed by atoms with Crippen LogP contribution in [0.4, 0.5) is 11.4 Å². The molecule has 0 bridgehead atoms. The van der Waals surface area contributed by atoms with E-state index in [1.807, 2.05) is 18.2 Å². The average Bonchev–Trinajstić information content (AvgIpc) is 3.34. The van der Waals surface area contributed by atoms with Crippen molar-refractivity contribution >= 4 is 27.3 Å². The maximum atomic E-state index is 13.1. The lowest BCUT2D eigenvalue weighted by Crippen LogP contribution is -2.31. The first-order valence-corrected chi connectivity index (χ1v) is 12.7. The lowest BCUT2D eigenvalue weighted by Gasteiger charge is -2.24. The number of nitrogens with zero attached hydrogens (tertiary/aromatic N) is 3. The number of anilines is 2. The molecular formula is C24H34N4O3S. The van der Waals surface area contributed by atoms with Crippen LogP contribution < -0.4 is 15.1 Å². The molecule has 1 heterocycles. The smallest absolute Gasteiger partial charge is 0.253 e. The van der Waals surface area contributed by atoms with E-state index >= 15 is 0 Å². The summed E-state index contributed by atoms with van der Waals surface area (Å²) in [5.41, 5.74) is 2.39. The Labute approximate surface area is 192 Å². The van der Waals surface area contributed by atoms with Crippen molar-refractivity contribution in [3.8, 4) is 0 Å². The summed E-state index contributed by atoms with van der Waals surface area (Å²) in [6, 6.07) is 15.1. The SMILES string of the molecule is CCN(CCCNC(=O)c1cc(S(=O)(=O)N(C)C)ccc1N1CCCC1)c1ccccc1. The highest BCUT2D eigenvalue weighted by Gasteiger charge is 2.24. The molecule has 8 heteroatoms. The predicted octanol–water partition coefficient (Wildman–Crippen LogP) is 3.18. The van der Waals surface area contributed by atoms with Gasteiger partial charge in [0.25, 0.3) is 5.91 Å². The maximum absolute atomic E-state index is 13.1. The van der Waals surface area contributed by atoms with Gasteiger partial charge in [-0.25, -0.2) is 12.7 Å². The minimum atomic E-state index is -3.62. The van der Waals surface area contributed by atoms with Crippen molar-refractivity contribution in [3.63, 3.8) is 0 Å². The van der Waals surface area contributed by atoms with Gasteiger partial charge in [0, 0.05) is 58.2 Å². The molecule has 1 N–H and O–H groups in total. The molecule has 1 saturated heterocycles. The van der Waals surface area contributed by atoms with Gasteiger partial charge in [-0.1, -0.05) is 18.2 Å². The third kappa shape index (κ3) is 5.61. The molecule has 174 valence electrons. The van der Waals surface area contributed by atoms with Crippen LogP contribution in [0.2, 0.25) is 0 Å². The van der Waals surface area contributed by atoms with Gasteiger partial charge >= 0.3 is 0 Å². The maximum Gasteiger partial charge on any atom is 0.253 e. The van der Waals surface area contributed by atoms with Crippen molar-refractivity contribution in [2.75, 3.05) is 56.6 Å². The second-order valence-electron chi connectivity index (χ2n) is 8.19. The van der Waals surface area contributed by atoms with Crippen LogP contribution >= 0.6 is 0 Å². The van der Waals surface area contributed by atoms with E-state index in [4.69, 9.17) is 0 Å². The monoisotopic (exact) mass is 458 g/mol. The van der Waals surface area contributed by atoms with Crippen LogP contribution in [0.3, 0.4) is 0 Å². The van der Waals surface area contributed by atoms with Crippen LogP contribution in [0.15, 0.2) is 53.4 Å². The highest BCUT2D eigenvalue weighted by atomic mass is 32.2. The van der Waals surface area contributed by atoms with E-state index in [1.165, 1.54) is 30.2 Å². The Morgan fingerprint density at radius 3 is 2.38 bits per heavy atom. The third-order valence-electron chi connectivity index (χ3n) is 5.83. The Hall–Kier alpha value is -2.58. The Morgan fingerprint density at radius 2 is 1.75 bits per heavy atom. The molecule has 32 heavy (non-hydrogen) atoms. The van der Waals surface area contributed by atoms with E-state index in [0.717, 1.165) is 51.1 Å². The standard InChI is InChI=1S/C24H34N4O3S/c1-4-27(20-11-6-5-7-12-20)18-10-15-25-24(29)22-19-21(32(30,31)26(2)3)13-14-23(22)28-16-8-9-17-28/h5-7,11-14,19H,4,8-10,15-18H2,1-3H3,(H,25,29). The number of carbonyl (C=O) groups is 1. The Kier molecular flexibility index (Phi) is 8.15. The molecule has 0 radical (unpaired) electrons. The highest BCUT2D eigenvalue weighted by molar-refractivity contribution is 7.89. The summed E-state index contributed by atoms with van der Waals surface area (Å²) in [4.78, 5) is 17.7. The van der Waals surface area contributed by atoms with Gasteiger partial charge in [-0.3, -0.25) is 4.79 Å². The number of benzene rings is 2. The zero-order valence-corrected chi connectivity index (χ0v) is 20.1. The first-order chi connectivity index (χ1) is 15.3. The van der Waals surface area contributed by atoms with Gasteiger partial charge in [-0.05, 0) is 56.5 Å². The number of hydrogen-bond acceptors (Lipinski definition) is 5. The average molecular weight is 459 g/mol. The lowest BCUT2D eigenvalue weighted by molar-refractivity contribution is 0.0953. The van der Waals surface area contributed by atoms with Crippen LogP contribution in [-0.2, 0) is 10.0 Å². The second kappa shape index (κ2) is 10.8. The molecular weight excluding hydrogens is 424 g/mol. The van der Waals surface area contributed by atoms with Gasteiger partial charge in [0.05, 0.1) is 10.5 Å². The summed E-state index contributed by atoms with van der Waals surface area (Å²) in [5, 5.41) is 3.00. The van der Waals surface area contributed by atoms with Gasteiger partial charge in [-0.2, -0.15) is 0 Å². The molecule has 7 nitrogen and oxygen atoms in total. The number of nitrogens with one attached hydrogen (secondary N) is 1. The van der Waals surface area contributed by atoms with Crippen LogP contribution in [0, 0.1) is 0 Å². The molecule has 0 aromatic heterocycles. The van der Waals surface area contributed by atoms with E-state index < -0.39 is 10.0 Å². The Balaban J connectivity index is 1.71. The van der Waals surface area contributed by atoms with Crippen molar-refractivity contribution < 1.29 is 13.2 Å². The normalized spacial score (nSPS) is 14.1. The van der Waals surface area contributed by atoms with Crippen LogP contribution in [0.5, 0.6) is 0 Å². The molecule has 2 aromatic carbocycles. The van der Waals surface area contributed by atoms with E-state index in [-0.39, 0.29) is 10.8 Å². The van der Waals surface area contributed by atoms with Crippen molar-refractivity contribution in [1.29, 1.82) is 0 Å². The molecule has 0 spiro atoms. The van der Waals surface area contributed by atoms with E-state index in [0.29, 0.717) is 12.1 Å². The number of amides is 1. The lowest BCUT2D eigenvalue weighted by atomic mass is 10.1. The molecule has 0 atom stereocenters. The molecule has 0 unspecified atom stereocenters. The van der Waals surface area contributed by atoms with Crippen LogP contribution in [-0.4, -0.2) is 65.4 Å². The van der Waals surface area contributed by atoms with Crippen molar-refractivity contribution in [1.82, 2.24) is 9.62 Å². The number of rotatable bonds is 10. The molecule has 1 aliphatic heterocycles. The summed E-state index contributed by atoms with van der Waals surface area (Å²) in [7, 11) is -0.624. The third-order valence-corrected chi connectivity index (χ3v) is 7.64. The van der Waals surface area contributed by atoms with E-state index in [9.17, 15) is 13.2 Å². The van der Waals surface area contributed by atoms with Crippen molar-refractivity contribution in [2.24, 2.45) is 0 Å². The molecule has 1 fully saturated rings. The minimum Gasteiger partial charge on any atom is -0.372 e. The highest BCUT2D eigenvalue weighted by Crippen LogP contribution is 2.28. The molecule has 2 aromatic rings. The number of sulfonamides is 1. The zero-order chi connectivity index (χ0) is 23.1. The Bertz CT molecular complexity index is 1000. The summed E-state index contributed by atoms with van der Waals surface area (Å²) in [5.74, 6) is -0.231. The largest absolute Gasteiger partial charge is 0.372 e. The van der Waals surface area contributed by atoms with E-state index in [1.54, 1.807) is 12.1 Å².